The van der Waals surface area contributed by atoms with E-state index in [4.69, 9.17) is 0 Å². The second-order valence-electron chi connectivity index (χ2n) is 6.05. The fraction of sp³-hybridized carbons (Fsp3) is 0.222. The second kappa shape index (κ2) is 3.66. The zero-order chi connectivity index (χ0) is 13.9. The van der Waals surface area contributed by atoms with Crippen molar-refractivity contribution < 1.29 is 0 Å². The van der Waals surface area contributed by atoms with Crippen molar-refractivity contribution in [1.29, 1.82) is 0 Å². The molecule has 4 rings (SSSR count). The predicted octanol–water partition coefficient (Wildman–Crippen LogP) is 4.24. The van der Waals surface area contributed by atoms with Crippen LogP contribution in [0, 0.1) is 6.92 Å². The van der Waals surface area contributed by atoms with Crippen molar-refractivity contribution in [1.82, 2.24) is 9.97 Å². The number of benzene rings is 2. The molecule has 0 unspecified atom stereocenters. The molecule has 1 heterocycles. The summed E-state index contributed by atoms with van der Waals surface area (Å²) >= 11 is 0. The Bertz CT molecular complexity index is 847. The van der Waals surface area contributed by atoms with Crippen molar-refractivity contribution in [3.63, 3.8) is 0 Å². The van der Waals surface area contributed by atoms with Gasteiger partial charge in [0.1, 0.15) is 6.33 Å². The Morgan fingerprint density at radius 1 is 0.950 bits per heavy atom. The topological polar surface area (TPSA) is 25.8 Å². The average Bonchev–Trinajstić information content (AvgIpc) is 2.67. The van der Waals surface area contributed by atoms with Gasteiger partial charge in [-0.15, -0.1) is 0 Å². The van der Waals surface area contributed by atoms with E-state index in [-0.39, 0.29) is 5.41 Å². The van der Waals surface area contributed by atoms with Gasteiger partial charge >= 0.3 is 0 Å². The number of hydrogen-bond acceptors (Lipinski definition) is 2. The van der Waals surface area contributed by atoms with Crippen molar-refractivity contribution in [2.75, 3.05) is 0 Å². The molecule has 0 saturated carbocycles. The highest BCUT2D eigenvalue weighted by Crippen LogP contribution is 2.49. The molecule has 1 aromatic heterocycles. The summed E-state index contributed by atoms with van der Waals surface area (Å²) in [6.07, 6.45) is 1.68. The fourth-order valence-corrected chi connectivity index (χ4v) is 3.36. The Kier molecular flexibility index (Phi) is 2.12. The summed E-state index contributed by atoms with van der Waals surface area (Å²) in [4.78, 5) is 8.95. The summed E-state index contributed by atoms with van der Waals surface area (Å²) in [7, 11) is 0. The van der Waals surface area contributed by atoms with E-state index in [2.05, 4.69) is 67.1 Å². The number of aromatic nitrogens is 2. The summed E-state index contributed by atoms with van der Waals surface area (Å²) in [5.74, 6) is 0. The lowest BCUT2D eigenvalue weighted by atomic mass is 9.84. The first-order chi connectivity index (χ1) is 9.59. The highest BCUT2D eigenvalue weighted by atomic mass is 14.9. The van der Waals surface area contributed by atoms with E-state index in [0.717, 1.165) is 11.4 Å². The molecule has 2 nitrogen and oxygen atoms in total. The Morgan fingerprint density at radius 2 is 1.65 bits per heavy atom. The van der Waals surface area contributed by atoms with Crippen LogP contribution in [-0.2, 0) is 5.41 Å². The predicted molar refractivity (Wildman–Crippen MR) is 81.8 cm³/mol. The van der Waals surface area contributed by atoms with E-state index in [1.807, 2.05) is 0 Å². The number of fused-ring (bicyclic) bond motifs is 4. The summed E-state index contributed by atoms with van der Waals surface area (Å²) < 4.78 is 0. The molecule has 0 fully saturated rings. The van der Waals surface area contributed by atoms with E-state index in [1.165, 1.54) is 27.5 Å². The third kappa shape index (κ3) is 1.34. The molecule has 3 aromatic rings. The molecule has 0 spiro atoms. The molecule has 0 aliphatic heterocycles. The fourth-order valence-electron chi connectivity index (χ4n) is 3.36. The normalized spacial score (nSPS) is 15.2. The molecule has 0 bridgehead atoms. The third-order valence-corrected chi connectivity index (χ3v) is 4.46. The first-order valence-corrected chi connectivity index (χ1v) is 6.95. The first kappa shape index (κ1) is 11.6. The maximum atomic E-state index is 4.57. The van der Waals surface area contributed by atoms with Crippen LogP contribution in [0.1, 0.15) is 30.8 Å². The zero-order valence-electron chi connectivity index (χ0n) is 11.9. The van der Waals surface area contributed by atoms with E-state index in [0.29, 0.717) is 0 Å². The lowest BCUT2D eigenvalue weighted by molar-refractivity contribution is 0.634. The standard InChI is InChI=1S/C18H16N2/c1-11-16-14-8-12-6-4-5-7-13(12)9-15(14)18(2,3)17(16)20-10-19-11/h4-10H,1-3H3. The summed E-state index contributed by atoms with van der Waals surface area (Å²) in [5, 5.41) is 2.57. The SMILES string of the molecule is Cc1ncnc2c1-c1cc3ccccc3cc1C2(C)C. The molecule has 0 atom stereocenters. The van der Waals surface area contributed by atoms with E-state index < -0.39 is 0 Å². The summed E-state index contributed by atoms with van der Waals surface area (Å²) in [5.41, 5.74) is 6.03. The molecule has 1 aliphatic carbocycles. The molecule has 0 saturated heterocycles. The van der Waals surface area contributed by atoms with Gasteiger partial charge < -0.3 is 0 Å². The lowest BCUT2D eigenvalue weighted by Gasteiger charge is -2.20. The minimum Gasteiger partial charge on any atom is -0.241 e. The van der Waals surface area contributed by atoms with Crippen LogP contribution in [0.3, 0.4) is 0 Å². The van der Waals surface area contributed by atoms with Crippen LogP contribution in [-0.4, -0.2) is 9.97 Å². The van der Waals surface area contributed by atoms with Crippen molar-refractivity contribution in [3.8, 4) is 11.1 Å². The van der Waals surface area contributed by atoms with Crippen LogP contribution in [0.2, 0.25) is 0 Å². The smallest absolute Gasteiger partial charge is 0.116 e. The van der Waals surface area contributed by atoms with Gasteiger partial charge in [0, 0.05) is 16.7 Å². The number of nitrogens with zero attached hydrogens (tertiary/aromatic N) is 2. The monoisotopic (exact) mass is 260 g/mol. The van der Waals surface area contributed by atoms with Crippen molar-refractivity contribution in [2.45, 2.75) is 26.2 Å². The van der Waals surface area contributed by atoms with Crippen LogP contribution in [0.15, 0.2) is 42.7 Å². The van der Waals surface area contributed by atoms with E-state index in [9.17, 15) is 0 Å². The van der Waals surface area contributed by atoms with Gasteiger partial charge in [-0.2, -0.15) is 0 Å². The Morgan fingerprint density at radius 3 is 2.40 bits per heavy atom. The van der Waals surface area contributed by atoms with Crippen LogP contribution in [0.5, 0.6) is 0 Å². The van der Waals surface area contributed by atoms with Crippen molar-refractivity contribution in [3.05, 3.63) is 59.7 Å². The minimum atomic E-state index is -0.0532. The van der Waals surface area contributed by atoms with Gasteiger partial charge in [-0.1, -0.05) is 38.1 Å². The number of hydrogen-bond donors (Lipinski definition) is 0. The Hall–Kier alpha value is -2.22. The average molecular weight is 260 g/mol. The highest BCUT2D eigenvalue weighted by molar-refractivity contribution is 5.93. The molecular weight excluding hydrogens is 244 g/mol. The quantitative estimate of drug-likeness (QED) is 0.604. The Balaban J connectivity index is 2.17. The molecule has 0 N–H and O–H groups in total. The van der Waals surface area contributed by atoms with Gasteiger partial charge in [-0.05, 0) is 41.0 Å². The van der Waals surface area contributed by atoms with Gasteiger partial charge in [0.15, 0.2) is 0 Å². The minimum absolute atomic E-state index is 0.0532. The summed E-state index contributed by atoms with van der Waals surface area (Å²) in [6.45, 7) is 6.57. The van der Waals surface area contributed by atoms with Gasteiger partial charge in [-0.3, -0.25) is 0 Å². The number of aryl methyl sites for hydroxylation is 1. The van der Waals surface area contributed by atoms with Gasteiger partial charge in [-0.25, -0.2) is 9.97 Å². The largest absolute Gasteiger partial charge is 0.241 e. The maximum absolute atomic E-state index is 4.57. The van der Waals surface area contributed by atoms with Gasteiger partial charge in [0.25, 0.3) is 0 Å². The maximum Gasteiger partial charge on any atom is 0.116 e. The van der Waals surface area contributed by atoms with Crippen LogP contribution in [0.25, 0.3) is 21.9 Å². The first-order valence-electron chi connectivity index (χ1n) is 6.95. The Labute approximate surface area is 118 Å². The molecule has 98 valence electrons. The van der Waals surface area contributed by atoms with E-state index in [1.54, 1.807) is 6.33 Å². The van der Waals surface area contributed by atoms with Crippen molar-refractivity contribution in [2.24, 2.45) is 0 Å². The van der Waals surface area contributed by atoms with Crippen LogP contribution < -0.4 is 0 Å². The van der Waals surface area contributed by atoms with Gasteiger partial charge in [0.2, 0.25) is 0 Å². The van der Waals surface area contributed by atoms with Crippen LogP contribution >= 0.6 is 0 Å². The molecule has 0 amide bonds. The molecule has 1 aliphatic rings. The molecule has 0 radical (unpaired) electrons. The molecule has 20 heavy (non-hydrogen) atoms. The molecule has 2 aromatic carbocycles. The number of rotatable bonds is 0. The molecular formula is C18H16N2. The highest BCUT2D eigenvalue weighted by Gasteiger charge is 2.38. The van der Waals surface area contributed by atoms with Gasteiger partial charge in [0.05, 0.1) is 5.69 Å². The van der Waals surface area contributed by atoms with Crippen LogP contribution in [0.4, 0.5) is 0 Å². The summed E-state index contributed by atoms with van der Waals surface area (Å²) in [6, 6.07) is 13.1. The van der Waals surface area contributed by atoms with E-state index >= 15 is 0 Å². The molecule has 2 heteroatoms. The lowest BCUT2D eigenvalue weighted by Crippen LogP contribution is -2.17. The second-order valence-corrected chi connectivity index (χ2v) is 6.05. The zero-order valence-corrected chi connectivity index (χ0v) is 11.9. The van der Waals surface area contributed by atoms with Crippen molar-refractivity contribution >= 4 is 10.8 Å². The third-order valence-electron chi connectivity index (χ3n) is 4.46.